The Kier molecular flexibility index (Phi) is 3.97. The summed E-state index contributed by atoms with van der Waals surface area (Å²) >= 11 is 1.54. The number of rotatable bonds is 4. The molecular weight excluding hydrogens is 306 g/mol. The van der Waals surface area contributed by atoms with Gasteiger partial charge in [-0.1, -0.05) is 43.2 Å². The van der Waals surface area contributed by atoms with Crippen molar-refractivity contribution >= 4 is 21.6 Å². The average molecular weight is 325 g/mol. The van der Waals surface area contributed by atoms with Crippen molar-refractivity contribution in [1.29, 1.82) is 0 Å². The van der Waals surface area contributed by atoms with Gasteiger partial charge in [-0.15, -0.1) is 11.3 Å². The van der Waals surface area contributed by atoms with Crippen LogP contribution in [0, 0.1) is 0 Å². The molecule has 2 heterocycles. The standard InChI is InChI=1S/C18H19N3OS/c22-17-16-14(12-6-2-1-3-7-12)11-23-18(16)21-15(20-17)10-19-13-8-4-5-9-13/h1-3,6-7,11,13,19H,4-5,8-10H2,(H,20,21,22). The summed E-state index contributed by atoms with van der Waals surface area (Å²) in [6, 6.07) is 10.6. The molecule has 2 N–H and O–H groups in total. The first kappa shape index (κ1) is 14.6. The Morgan fingerprint density at radius 1 is 1.22 bits per heavy atom. The van der Waals surface area contributed by atoms with Crippen molar-refractivity contribution in [3.63, 3.8) is 0 Å². The van der Waals surface area contributed by atoms with Crippen LogP contribution >= 0.6 is 11.3 Å². The third kappa shape index (κ3) is 2.94. The van der Waals surface area contributed by atoms with Gasteiger partial charge in [-0.2, -0.15) is 0 Å². The highest BCUT2D eigenvalue weighted by molar-refractivity contribution is 7.17. The van der Waals surface area contributed by atoms with Gasteiger partial charge >= 0.3 is 0 Å². The highest BCUT2D eigenvalue weighted by Gasteiger charge is 2.16. The molecule has 0 bridgehead atoms. The minimum Gasteiger partial charge on any atom is -0.309 e. The maximum atomic E-state index is 12.5. The fourth-order valence-corrected chi connectivity index (χ4v) is 4.25. The van der Waals surface area contributed by atoms with Gasteiger partial charge < -0.3 is 10.3 Å². The lowest BCUT2D eigenvalue weighted by molar-refractivity contribution is 0.514. The Balaban J connectivity index is 1.65. The molecule has 4 rings (SSSR count). The van der Waals surface area contributed by atoms with Crippen molar-refractivity contribution in [3.05, 3.63) is 51.9 Å². The zero-order chi connectivity index (χ0) is 15.6. The van der Waals surface area contributed by atoms with E-state index in [9.17, 15) is 4.79 Å². The van der Waals surface area contributed by atoms with Crippen molar-refractivity contribution in [1.82, 2.24) is 15.3 Å². The van der Waals surface area contributed by atoms with Gasteiger partial charge in [0.05, 0.1) is 11.9 Å². The summed E-state index contributed by atoms with van der Waals surface area (Å²) < 4.78 is 0. The molecule has 0 saturated heterocycles. The highest BCUT2D eigenvalue weighted by atomic mass is 32.1. The third-order valence-corrected chi connectivity index (χ3v) is 5.36. The minimum atomic E-state index is -0.0432. The van der Waals surface area contributed by atoms with Crippen molar-refractivity contribution in [2.45, 2.75) is 38.3 Å². The van der Waals surface area contributed by atoms with Crippen LogP contribution in [0.15, 0.2) is 40.5 Å². The van der Waals surface area contributed by atoms with E-state index < -0.39 is 0 Å². The minimum absolute atomic E-state index is 0.0432. The van der Waals surface area contributed by atoms with Crippen LogP contribution < -0.4 is 10.9 Å². The summed E-state index contributed by atoms with van der Waals surface area (Å²) in [5, 5.41) is 6.22. The summed E-state index contributed by atoms with van der Waals surface area (Å²) in [6.45, 7) is 0.633. The Labute approximate surface area is 138 Å². The predicted octanol–water partition coefficient (Wildman–Crippen LogP) is 3.68. The van der Waals surface area contributed by atoms with Crippen LogP contribution in [0.25, 0.3) is 21.3 Å². The molecule has 1 aliphatic carbocycles. The second-order valence-electron chi connectivity index (χ2n) is 6.07. The lowest BCUT2D eigenvalue weighted by atomic mass is 10.1. The second kappa shape index (κ2) is 6.26. The molecular formula is C18H19N3OS. The van der Waals surface area contributed by atoms with Crippen LogP contribution in [0.3, 0.4) is 0 Å². The second-order valence-corrected chi connectivity index (χ2v) is 6.93. The number of H-pyrrole nitrogens is 1. The van der Waals surface area contributed by atoms with Gasteiger partial charge in [0.1, 0.15) is 10.7 Å². The Morgan fingerprint density at radius 2 is 2.00 bits per heavy atom. The zero-order valence-electron chi connectivity index (χ0n) is 12.8. The average Bonchev–Trinajstić information content (AvgIpc) is 3.23. The highest BCUT2D eigenvalue weighted by Crippen LogP contribution is 2.30. The maximum absolute atomic E-state index is 12.5. The van der Waals surface area contributed by atoms with Gasteiger partial charge in [0.25, 0.3) is 5.56 Å². The number of aromatic amines is 1. The quantitative estimate of drug-likeness (QED) is 0.769. The first-order valence-electron chi connectivity index (χ1n) is 8.10. The molecule has 1 saturated carbocycles. The van der Waals surface area contributed by atoms with E-state index in [1.54, 1.807) is 0 Å². The summed E-state index contributed by atoms with van der Waals surface area (Å²) in [5.74, 6) is 0.732. The topological polar surface area (TPSA) is 57.8 Å². The van der Waals surface area contributed by atoms with Crippen LogP contribution in [0.1, 0.15) is 31.5 Å². The lowest BCUT2D eigenvalue weighted by Gasteiger charge is -2.10. The van der Waals surface area contributed by atoms with Crippen molar-refractivity contribution in [3.8, 4) is 11.1 Å². The summed E-state index contributed by atoms with van der Waals surface area (Å²) in [7, 11) is 0. The van der Waals surface area contributed by atoms with Gasteiger partial charge in [-0.25, -0.2) is 4.98 Å². The molecule has 2 aromatic heterocycles. The smallest absolute Gasteiger partial charge is 0.260 e. The third-order valence-electron chi connectivity index (χ3n) is 4.49. The molecule has 3 aromatic rings. The monoisotopic (exact) mass is 325 g/mol. The summed E-state index contributed by atoms with van der Waals surface area (Å²) in [5.41, 5.74) is 1.98. The molecule has 5 heteroatoms. The normalized spacial score (nSPS) is 15.5. The fraction of sp³-hybridized carbons (Fsp3) is 0.333. The number of aromatic nitrogens is 2. The van der Waals surface area contributed by atoms with Crippen molar-refractivity contribution in [2.24, 2.45) is 0 Å². The molecule has 0 atom stereocenters. The Morgan fingerprint density at radius 3 is 2.78 bits per heavy atom. The van der Waals surface area contributed by atoms with Gasteiger partial charge in [0.2, 0.25) is 0 Å². The Hall–Kier alpha value is -1.98. The zero-order valence-corrected chi connectivity index (χ0v) is 13.7. The molecule has 4 nitrogen and oxygen atoms in total. The molecule has 0 unspecified atom stereocenters. The molecule has 0 aliphatic heterocycles. The number of nitrogens with one attached hydrogen (secondary N) is 2. The van der Waals surface area contributed by atoms with Gasteiger partial charge in [0, 0.05) is 17.0 Å². The number of thiophene rings is 1. The van der Waals surface area contributed by atoms with E-state index in [-0.39, 0.29) is 5.56 Å². The number of hydrogen-bond acceptors (Lipinski definition) is 4. The molecule has 0 amide bonds. The lowest BCUT2D eigenvalue weighted by Crippen LogP contribution is -2.27. The molecule has 1 aliphatic rings. The van der Waals surface area contributed by atoms with Gasteiger partial charge in [-0.3, -0.25) is 4.79 Å². The predicted molar refractivity (Wildman–Crippen MR) is 94.8 cm³/mol. The van der Waals surface area contributed by atoms with Gasteiger partial charge in [-0.05, 0) is 18.4 Å². The van der Waals surface area contributed by atoms with E-state index in [0.29, 0.717) is 18.0 Å². The molecule has 0 spiro atoms. The summed E-state index contributed by atoms with van der Waals surface area (Å²) in [6.07, 6.45) is 5.05. The number of nitrogens with zero attached hydrogens (tertiary/aromatic N) is 1. The van der Waals surface area contributed by atoms with E-state index >= 15 is 0 Å². The van der Waals surface area contributed by atoms with E-state index in [0.717, 1.165) is 21.8 Å². The SMILES string of the molecule is O=c1[nH]c(CNC2CCCC2)nc2scc(-c3ccccc3)c12. The van der Waals surface area contributed by atoms with E-state index in [1.807, 2.05) is 35.7 Å². The van der Waals surface area contributed by atoms with Crippen molar-refractivity contribution < 1.29 is 0 Å². The van der Waals surface area contributed by atoms with Gasteiger partial charge in [0.15, 0.2) is 0 Å². The maximum Gasteiger partial charge on any atom is 0.260 e. The first-order valence-corrected chi connectivity index (χ1v) is 8.98. The van der Waals surface area contributed by atoms with Crippen molar-refractivity contribution in [2.75, 3.05) is 0 Å². The van der Waals surface area contributed by atoms with Crippen LogP contribution in [0.4, 0.5) is 0 Å². The molecule has 0 radical (unpaired) electrons. The van der Waals surface area contributed by atoms with Crippen LogP contribution in [-0.4, -0.2) is 16.0 Å². The van der Waals surface area contributed by atoms with Crippen LogP contribution in [0.5, 0.6) is 0 Å². The van der Waals surface area contributed by atoms with Crippen LogP contribution in [0.2, 0.25) is 0 Å². The molecule has 1 fully saturated rings. The molecule has 1 aromatic carbocycles. The largest absolute Gasteiger partial charge is 0.309 e. The Bertz CT molecular complexity index is 863. The fourth-order valence-electron chi connectivity index (χ4n) is 3.28. The molecule has 118 valence electrons. The van der Waals surface area contributed by atoms with Crippen LogP contribution in [-0.2, 0) is 6.54 Å². The van der Waals surface area contributed by atoms with E-state index in [1.165, 1.54) is 37.0 Å². The van der Waals surface area contributed by atoms with E-state index in [4.69, 9.17) is 0 Å². The first-order chi connectivity index (χ1) is 11.3. The summed E-state index contributed by atoms with van der Waals surface area (Å²) in [4.78, 5) is 20.9. The van der Waals surface area contributed by atoms with E-state index in [2.05, 4.69) is 15.3 Å². The number of benzene rings is 1. The number of fused-ring (bicyclic) bond motifs is 1. The number of hydrogen-bond donors (Lipinski definition) is 2. The molecule has 23 heavy (non-hydrogen) atoms.